The van der Waals surface area contributed by atoms with Crippen molar-refractivity contribution < 1.29 is 18.9 Å². The Labute approximate surface area is 114 Å². The summed E-state index contributed by atoms with van der Waals surface area (Å²) in [6.45, 7) is 3.51. The minimum absolute atomic E-state index is 0.0731. The number of rotatable bonds is 4. The van der Waals surface area contributed by atoms with Crippen LogP contribution in [0.1, 0.15) is 23.2 Å². The van der Waals surface area contributed by atoms with Gasteiger partial charge in [-0.3, -0.25) is 10.1 Å². The van der Waals surface area contributed by atoms with E-state index in [0.29, 0.717) is 11.3 Å². The fourth-order valence-electron chi connectivity index (χ4n) is 1.66. The molecule has 7 nitrogen and oxygen atoms in total. The topological polar surface area (TPSA) is 95.5 Å². The predicted octanol–water partition coefficient (Wildman–Crippen LogP) is 2.73. The number of nitro benzene ring substituents is 1. The van der Waals surface area contributed by atoms with Crippen LogP contribution in [0.25, 0.3) is 11.5 Å². The van der Waals surface area contributed by atoms with E-state index < -0.39 is 10.9 Å². The molecule has 0 aliphatic carbocycles. The molecule has 0 atom stereocenters. The van der Waals surface area contributed by atoms with Crippen LogP contribution in [0.2, 0.25) is 0 Å². The van der Waals surface area contributed by atoms with E-state index in [1.165, 1.54) is 18.2 Å². The summed E-state index contributed by atoms with van der Waals surface area (Å²) in [5.41, 5.74) is 0.433. The number of non-ortho nitro benzene ring substituents is 1. The molecule has 0 amide bonds. The lowest BCUT2D eigenvalue weighted by Crippen LogP contribution is -2.06. The highest BCUT2D eigenvalue weighted by molar-refractivity contribution is 5.88. The molecule has 0 fully saturated rings. The first kappa shape index (κ1) is 13.7. The first-order chi connectivity index (χ1) is 9.52. The van der Waals surface area contributed by atoms with Crippen LogP contribution < -0.4 is 0 Å². The number of esters is 1. The fourth-order valence-corrected chi connectivity index (χ4v) is 1.66. The van der Waals surface area contributed by atoms with Gasteiger partial charge in [-0.1, -0.05) is 6.07 Å². The molecule has 0 aliphatic heterocycles. The van der Waals surface area contributed by atoms with Crippen molar-refractivity contribution in [1.29, 1.82) is 0 Å². The van der Waals surface area contributed by atoms with Crippen molar-refractivity contribution in [3.05, 3.63) is 45.8 Å². The van der Waals surface area contributed by atoms with Gasteiger partial charge in [0.2, 0.25) is 5.89 Å². The largest absolute Gasteiger partial charge is 0.461 e. The van der Waals surface area contributed by atoms with Crippen LogP contribution in [0.3, 0.4) is 0 Å². The standard InChI is InChI=1S/C13H12N2O5/c1-3-19-13(16)11-8(2)20-12(14-11)9-5-4-6-10(7-9)15(17)18/h4-7H,3H2,1-2H3. The number of carbonyl (C=O) groups is 1. The van der Waals surface area contributed by atoms with E-state index in [4.69, 9.17) is 9.15 Å². The molecular weight excluding hydrogens is 264 g/mol. The molecule has 1 aromatic carbocycles. The molecule has 20 heavy (non-hydrogen) atoms. The molecule has 0 aliphatic rings. The third-order valence-corrected chi connectivity index (χ3v) is 2.57. The molecule has 0 bridgehead atoms. The number of aryl methyl sites for hydroxylation is 1. The van der Waals surface area contributed by atoms with E-state index in [2.05, 4.69) is 4.98 Å². The Morgan fingerprint density at radius 3 is 2.90 bits per heavy atom. The van der Waals surface area contributed by atoms with Crippen molar-refractivity contribution in [3.63, 3.8) is 0 Å². The van der Waals surface area contributed by atoms with Crippen molar-refractivity contribution in [2.75, 3.05) is 6.61 Å². The van der Waals surface area contributed by atoms with Crippen molar-refractivity contribution in [2.24, 2.45) is 0 Å². The minimum Gasteiger partial charge on any atom is -0.461 e. The number of nitro groups is 1. The van der Waals surface area contributed by atoms with E-state index in [1.54, 1.807) is 19.9 Å². The monoisotopic (exact) mass is 276 g/mol. The molecule has 2 rings (SSSR count). The molecule has 104 valence electrons. The zero-order valence-electron chi connectivity index (χ0n) is 11.0. The van der Waals surface area contributed by atoms with Crippen LogP contribution >= 0.6 is 0 Å². The highest BCUT2D eigenvalue weighted by Crippen LogP contribution is 2.25. The first-order valence-corrected chi connectivity index (χ1v) is 5.92. The van der Waals surface area contributed by atoms with E-state index in [1.807, 2.05) is 0 Å². The molecule has 0 N–H and O–H groups in total. The van der Waals surface area contributed by atoms with Crippen LogP contribution in [0.5, 0.6) is 0 Å². The quantitative estimate of drug-likeness (QED) is 0.484. The van der Waals surface area contributed by atoms with Gasteiger partial charge in [0.1, 0.15) is 5.76 Å². The maximum absolute atomic E-state index is 11.6. The number of hydrogen-bond donors (Lipinski definition) is 0. The van der Waals surface area contributed by atoms with Crippen molar-refractivity contribution >= 4 is 11.7 Å². The van der Waals surface area contributed by atoms with Crippen LogP contribution in [0, 0.1) is 17.0 Å². The maximum atomic E-state index is 11.6. The smallest absolute Gasteiger partial charge is 0.360 e. The molecule has 1 heterocycles. The maximum Gasteiger partial charge on any atom is 0.360 e. The molecule has 0 spiro atoms. The second kappa shape index (κ2) is 5.52. The lowest BCUT2D eigenvalue weighted by Gasteiger charge is -1.96. The van der Waals surface area contributed by atoms with E-state index in [-0.39, 0.29) is 23.9 Å². The highest BCUT2D eigenvalue weighted by Gasteiger charge is 2.20. The number of hydrogen-bond acceptors (Lipinski definition) is 6. The number of aromatic nitrogens is 1. The van der Waals surface area contributed by atoms with Crippen LogP contribution in [0.15, 0.2) is 28.7 Å². The summed E-state index contributed by atoms with van der Waals surface area (Å²) in [5, 5.41) is 10.7. The molecule has 0 unspecified atom stereocenters. The molecule has 1 aromatic heterocycles. The molecular formula is C13H12N2O5. The van der Waals surface area contributed by atoms with Gasteiger partial charge in [-0.05, 0) is 19.9 Å². The van der Waals surface area contributed by atoms with Gasteiger partial charge in [0.05, 0.1) is 11.5 Å². The van der Waals surface area contributed by atoms with Crippen LogP contribution in [-0.2, 0) is 4.74 Å². The van der Waals surface area contributed by atoms with Gasteiger partial charge >= 0.3 is 5.97 Å². The first-order valence-electron chi connectivity index (χ1n) is 5.92. The molecule has 7 heteroatoms. The van der Waals surface area contributed by atoms with Gasteiger partial charge in [0.15, 0.2) is 5.69 Å². The number of benzene rings is 1. The van der Waals surface area contributed by atoms with Gasteiger partial charge in [0, 0.05) is 17.7 Å². The van der Waals surface area contributed by atoms with Gasteiger partial charge in [-0.25, -0.2) is 9.78 Å². The summed E-state index contributed by atoms with van der Waals surface area (Å²) in [4.78, 5) is 25.9. The van der Waals surface area contributed by atoms with E-state index >= 15 is 0 Å². The van der Waals surface area contributed by atoms with Gasteiger partial charge in [-0.15, -0.1) is 0 Å². The summed E-state index contributed by atoms with van der Waals surface area (Å²) in [6.07, 6.45) is 0. The normalized spacial score (nSPS) is 10.3. The van der Waals surface area contributed by atoms with Crippen LogP contribution in [-0.4, -0.2) is 22.5 Å². The zero-order chi connectivity index (χ0) is 14.7. The molecule has 0 saturated carbocycles. The zero-order valence-corrected chi connectivity index (χ0v) is 11.0. The van der Waals surface area contributed by atoms with E-state index in [0.717, 1.165) is 0 Å². The summed E-state index contributed by atoms with van der Waals surface area (Å²) in [5.74, 6) is -0.121. The van der Waals surface area contributed by atoms with Crippen molar-refractivity contribution in [3.8, 4) is 11.5 Å². The summed E-state index contributed by atoms with van der Waals surface area (Å²) in [6, 6.07) is 5.84. The Hall–Kier alpha value is -2.70. The fraction of sp³-hybridized carbons (Fsp3) is 0.231. The average molecular weight is 276 g/mol. The third-order valence-electron chi connectivity index (χ3n) is 2.57. The summed E-state index contributed by atoms with van der Waals surface area (Å²) in [7, 11) is 0. The Bertz CT molecular complexity index is 663. The Kier molecular flexibility index (Phi) is 3.79. The highest BCUT2D eigenvalue weighted by atomic mass is 16.6. The second-order valence-corrected chi connectivity index (χ2v) is 3.95. The van der Waals surface area contributed by atoms with Crippen molar-refractivity contribution in [2.45, 2.75) is 13.8 Å². The molecule has 2 aromatic rings. The van der Waals surface area contributed by atoms with Crippen molar-refractivity contribution in [1.82, 2.24) is 4.98 Å². The SMILES string of the molecule is CCOC(=O)c1nc(-c2cccc([N+](=O)[O-])c2)oc1C. The van der Waals surface area contributed by atoms with Crippen LogP contribution in [0.4, 0.5) is 5.69 Å². The third kappa shape index (κ3) is 2.66. The van der Waals surface area contributed by atoms with Gasteiger partial charge in [0.25, 0.3) is 5.69 Å². The number of carbonyl (C=O) groups excluding carboxylic acids is 1. The molecule has 0 saturated heterocycles. The van der Waals surface area contributed by atoms with Gasteiger partial charge < -0.3 is 9.15 Å². The summed E-state index contributed by atoms with van der Waals surface area (Å²) >= 11 is 0. The second-order valence-electron chi connectivity index (χ2n) is 3.95. The summed E-state index contributed by atoms with van der Waals surface area (Å²) < 4.78 is 10.2. The number of ether oxygens (including phenoxy) is 1. The Balaban J connectivity index is 2.39. The average Bonchev–Trinajstić information content (AvgIpc) is 2.81. The minimum atomic E-state index is -0.578. The Morgan fingerprint density at radius 1 is 1.50 bits per heavy atom. The molecule has 0 radical (unpaired) electrons. The Morgan fingerprint density at radius 2 is 2.25 bits per heavy atom. The van der Waals surface area contributed by atoms with Gasteiger partial charge in [-0.2, -0.15) is 0 Å². The predicted molar refractivity (Wildman–Crippen MR) is 69.3 cm³/mol. The lowest BCUT2D eigenvalue weighted by atomic mass is 10.2. The lowest BCUT2D eigenvalue weighted by molar-refractivity contribution is -0.384. The number of nitrogens with zero attached hydrogens (tertiary/aromatic N) is 2. The number of oxazole rings is 1. The van der Waals surface area contributed by atoms with E-state index in [9.17, 15) is 14.9 Å².